The monoisotopic (exact) mass is 275 g/mol. The molecule has 0 saturated carbocycles. The molecule has 0 bridgehead atoms. The van der Waals surface area contributed by atoms with E-state index in [1.165, 1.54) is 18.2 Å². The van der Waals surface area contributed by atoms with Crippen LogP contribution in [0.25, 0.3) is 0 Å². The van der Waals surface area contributed by atoms with E-state index in [9.17, 15) is 18.0 Å². The number of ketones is 1. The first-order valence-electron chi connectivity index (χ1n) is 5.75. The van der Waals surface area contributed by atoms with Crippen molar-refractivity contribution in [2.24, 2.45) is 5.73 Å². The van der Waals surface area contributed by atoms with Gasteiger partial charge in [0, 0.05) is 12.0 Å². The van der Waals surface area contributed by atoms with Crippen molar-refractivity contribution >= 4 is 5.78 Å². The molecule has 0 heterocycles. The molecular formula is C13H16F3NO2. The Balaban J connectivity index is 2.85. The molecule has 1 rings (SSSR count). The molecule has 0 spiro atoms. The van der Waals surface area contributed by atoms with E-state index in [1.807, 2.05) is 0 Å². The number of para-hydroxylation sites is 1. The second kappa shape index (κ2) is 5.61. The third-order valence-corrected chi connectivity index (χ3v) is 2.41. The van der Waals surface area contributed by atoms with Crippen molar-refractivity contribution in [2.45, 2.75) is 38.6 Å². The van der Waals surface area contributed by atoms with Crippen LogP contribution in [0, 0.1) is 0 Å². The van der Waals surface area contributed by atoms with Crippen molar-refractivity contribution in [3.8, 4) is 5.75 Å². The minimum absolute atomic E-state index is 0.0712. The molecule has 0 aromatic heterocycles. The standard InChI is InChI=1S/C13H16F3NO2/c1-12(2,17)8-7-10(18)9-5-3-4-6-11(9)19-13(14,15)16/h3-6H,7-8,17H2,1-2H3. The zero-order valence-corrected chi connectivity index (χ0v) is 10.8. The normalized spacial score (nSPS) is 12.3. The van der Waals surface area contributed by atoms with Gasteiger partial charge >= 0.3 is 6.36 Å². The number of ether oxygens (including phenoxy) is 1. The van der Waals surface area contributed by atoms with Gasteiger partial charge in [-0.3, -0.25) is 4.79 Å². The van der Waals surface area contributed by atoms with Gasteiger partial charge in [-0.05, 0) is 32.4 Å². The van der Waals surface area contributed by atoms with Gasteiger partial charge in [0.2, 0.25) is 0 Å². The largest absolute Gasteiger partial charge is 0.573 e. The zero-order valence-electron chi connectivity index (χ0n) is 10.8. The molecule has 19 heavy (non-hydrogen) atoms. The van der Waals surface area contributed by atoms with E-state index in [0.29, 0.717) is 6.42 Å². The lowest BCUT2D eigenvalue weighted by molar-refractivity contribution is -0.274. The Morgan fingerprint density at radius 2 is 1.84 bits per heavy atom. The van der Waals surface area contributed by atoms with Crippen molar-refractivity contribution in [3.63, 3.8) is 0 Å². The van der Waals surface area contributed by atoms with E-state index in [2.05, 4.69) is 4.74 Å². The van der Waals surface area contributed by atoms with E-state index < -0.39 is 23.4 Å². The van der Waals surface area contributed by atoms with Crippen LogP contribution < -0.4 is 10.5 Å². The van der Waals surface area contributed by atoms with E-state index in [4.69, 9.17) is 5.73 Å². The Morgan fingerprint density at radius 1 is 1.26 bits per heavy atom. The van der Waals surface area contributed by atoms with Crippen LogP contribution in [0.1, 0.15) is 37.0 Å². The van der Waals surface area contributed by atoms with Crippen LogP contribution in [0.3, 0.4) is 0 Å². The first kappa shape index (κ1) is 15.5. The topological polar surface area (TPSA) is 52.3 Å². The maximum Gasteiger partial charge on any atom is 0.573 e. The van der Waals surface area contributed by atoms with Gasteiger partial charge in [0.1, 0.15) is 5.75 Å². The Labute approximate surface area is 109 Å². The van der Waals surface area contributed by atoms with E-state index >= 15 is 0 Å². The lowest BCUT2D eigenvalue weighted by Crippen LogP contribution is -2.32. The fraction of sp³-hybridized carbons (Fsp3) is 0.462. The minimum atomic E-state index is -4.82. The summed E-state index contributed by atoms with van der Waals surface area (Å²) in [7, 11) is 0. The molecule has 0 aliphatic rings. The lowest BCUT2D eigenvalue weighted by atomic mass is 9.96. The summed E-state index contributed by atoms with van der Waals surface area (Å²) in [6.07, 6.45) is -4.36. The SMILES string of the molecule is CC(C)(N)CCC(=O)c1ccccc1OC(F)(F)F. The number of halogens is 3. The number of benzene rings is 1. The summed E-state index contributed by atoms with van der Waals surface area (Å²) in [5.74, 6) is -0.895. The molecule has 0 atom stereocenters. The van der Waals surface area contributed by atoms with Gasteiger partial charge in [-0.1, -0.05) is 12.1 Å². The highest BCUT2D eigenvalue weighted by Gasteiger charge is 2.32. The first-order chi connectivity index (χ1) is 8.58. The van der Waals surface area contributed by atoms with Gasteiger partial charge in [-0.2, -0.15) is 0 Å². The van der Waals surface area contributed by atoms with Crippen molar-refractivity contribution in [3.05, 3.63) is 29.8 Å². The zero-order chi connectivity index (χ0) is 14.7. The van der Waals surface area contributed by atoms with Crippen molar-refractivity contribution < 1.29 is 22.7 Å². The number of Topliss-reactive ketones (excluding diaryl/α,β-unsaturated/α-hetero) is 1. The predicted octanol–water partition coefficient (Wildman–Crippen LogP) is 3.29. The number of nitrogens with two attached hydrogens (primary N) is 1. The Kier molecular flexibility index (Phi) is 4.57. The fourth-order valence-corrected chi connectivity index (χ4v) is 1.48. The van der Waals surface area contributed by atoms with Gasteiger partial charge in [0.25, 0.3) is 0 Å². The number of rotatable bonds is 5. The molecular weight excluding hydrogens is 259 g/mol. The lowest BCUT2D eigenvalue weighted by Gasteiger charge is -2.18. The summed E-state index contributed by atoms with van der Waals surface area (Å²) in [5.41, 5.74) is 5.11. The van der Waals surface area contributed by atoms with Crippen LogP contribution >= 0.6 is 0 Å². The molecule has 0 saturated heterocycles. The van der Waals surface area contributed by atoms with Crippen LogP contribution in [-0.2, 0) is 0 Å². The molecule has 0 radical (unpaired) electrons. The number of hydrogen-bond acceptors (Lipinski definition) is 3. The third kappa shape index (κ3) is 5.74. The molecule has 106 valence electrons. The highest BCUT2D eigenvalue weighted by molar-refractivity contribution is 5.98. The van der Waals surface area contributed by atoms with Gasteiger partial charge < -0.3 is 10.5 Å². The maximum atomic E-state index is 12.2. The van der Waals surface area contributed by atoms with Gasteiger partial charge in [0.15, 0.2) is 5.78 Å². The van der Waals surface area contributed by atoms with E-state index in [-0.39, 0.29) is 12.0 Å². The van der Waals surface area contributed by atoms with Crippen LogP contribution in [0.2, 0.25) is 0 Å². The molecule has 0 fully saturated rings. The van der Waals surface area contributed by atoms with Gasteiger partial charge in [-0.25, -0.2) is 0 Å². The Morgan fingerprint density at radius 3 is 2.37 bits per heavy atom. The summed E-state index contributed by atoms with van der Waals surface area (Å²) in [6.45, 7) is 3.50. The smallest absolute Gasteiger partial charge is 0.405 e. The summed E-state index contributed by atoms with van der Waals surface area (Å²) in [6, 6.07) is 5.30. The van der Waals surface area contributed by atoms with Crippen molar-refractivity contribution in [2.75, 3.05) is 0 Å². The molecule has 1 aromatic rings. The van der Waals surface area contributed by atoms with Crippen LogP contribution in [0.4, 0.5) is 13.2 Å². The second-order valence-electron chi connectivity index (χ2n) is 4.96. The average molecular weight is 275 g/mol. The van der Waals surface area contributed by atoms with Gasteiger partial charge in [-0.15, -0.1) is 13.2 Å². The Bertz CT molecular complexity index is 450. The van der Waals surface area contributed by atoms with Crippen molar-refractivity contribution in [1.82, 2.24) is 0 Å². The Hall–Kier alpha value is -1.56. The number of carbonyl (C=O) groups excluding carboxylic acids is 1. The number of alkyl halides is 3. The van der Waals surface area contributed by atoms with Gasteiger partial charge in [0.05, 0.1) is 5.56 Å². The fourth-order valence-electron chi connectivity index (χ4n) is 1.48. The maximum absolute atomic E-state index is 12.2. The van der Waals surface area contributed by atoms with Crippen LogP contribution in [0.15, 0.2) is 24.3 Å². The predicted molar refractivity (Wildman–Crippen MR) is 65.0 cm³/mol. The molecule has 0 aliphatic carbocycles. The summed E-state index contributed by atoms with van der Waals surface area (Å²) in [4.78, 5) is 11.9. The number of carbonyl (C=O) groups is 1. The van der Waals surface area contributed by atoms with E-state index in [1.54, 1.807) is 13.8 Å². The highest BCUT2D eigenvalue weighted by atomic mass is 19.4. The molecule has 2 N–H and O–H groups in total. The summed E-state index contributed by atoms with van der Waals surface area (Å²) in [5, 5.41) is 0. The van der Waals surface area contributed by atoms with Crippen LogP contribution in [0.5, 0.6) is 5.75 Å². The second-order valence-corrected chi connectivity index (χ2v) is 4.96. The summed E-state index contributed by atoms with van der Waals surface area (Å²) < 4.78 is 40.5. The number of hydrogen-bond donors (Lipinski definition) is 1. The molecule has 6 heteroatoms. The highest BCUT2D eigenvalue weighted by Crippen LogP contribution is 2.27. The van der Waals surface area contributed by atoms with Crippen molar-refractivity contribution in [1.29, 1.82) is 0 Å². The first-order valence-corrected chi connectivity index (χ1v) is 5.75. The molecule has 0 unspecified atom stereocenters. The average Bonchev–Trinajstić information content (AvgIpc) is 2.23. The summed E-state index contributed by atoms with van der Waals surface area (Å²) >= 11 is 0. The molecule has 0 aliphatic heterocycles. The van der Waals surface area contributed by atoms with Crippen LogP contribution in [-0.4, -0.2) is 17.7 Å². The van der Waals surface area contributed by atoms with E-state index in [0.717, 1.165) is 6.07 Å². The minimum Gasteiger partial charge on any atom is -0.405 e. The third-order valence-electron chi connectivity index (χ3n) is 2.41. The molecule has 3 nitrogen and oxygen atoms in total. The molecule has 1 aromatic carbocycles. The molecule has 0 amide bonds. The quantitative estimate of drug-likeness (QED) is 0.839.